The first-order valence-corrected chi connectivity index (χ1v) is 9.31. The summed E-state index contributed by atoms with van der Waals surface area (Å²) >= 11 is 0. The lowest BCUT2D eigenvalue weighted by Crippen LogP contribution is -2.48. The van der Waals surface area contributed by atoms with Crippen molar-refractivity contribution in [3.63, 3.8) is 0 Å². The quantitative estimate of drug-likeness (QED) is 0.744. The maximum atomic E-state index is 12.4. The molecule has 1 aliphatic rings. The van der Waals surface area contributed by atoms with E-state index in [2.05, 4.69) is 36.9 Å². The highest BCUT2D eigenvalue weighted by atomic mass is 16.5. The van der Waals surface area contributed by atoms with Gasteiger partial charge < -0.3 is 14.1 Å². The first kappa shape index (κ1) is 18.5. The molecule has 26 heavy (non-hydrogen) atoms. The van der Waals surface area contributed by atoms with Crippen LogP contribution in [-0.2, 0) is 0 Å². The monoisotopic (exact) mass is 356 g/mol. The number of hydrogen-bond acceptors (Lipinski definition) is 4. The number of carbonyl (C=O) groups excluding carboxylic acids is 1. The van der Waals surface area contributed by atoms with Gasteiger partial charge in [-0.1, -0.05) is 12.1 Å². The summed E-state index contributed by atoms with van der Waals surface area (Å²) in [6.45, 7) is 11.0. The number of hydrogen-bond donors (Lipinski definition) is 0. The van der Waals surface area contributed by atoms with Crippen LogP contribution in [0.2, 0.25) is 0 Å². The maximum absolute atomic E-state index is 12.4. The average molecular weight is 356 g/mol. The van der Waals surface area contributed by atoms with Gasteiger partial charge in [-0.15, -0.1) is 0 Å². The van der Waals surface area contributed by atoms with E-state index in [9.17, 15) is 4.79 Å². The number of ether oxygens (including phenoxy) is 1. The van der Waals surface area contributed by atoms with Gasteiger partial charge in [0, 0.05) is 32.7 Å². The molecule has 3 rings (SSSR count). The van der Waals surface area contributed by atoms with E-state index in [-0.39, 0.29) is 5.91 Å². The molecule has 0 bridgehead atoms. The summed E-state index contributed by atoms with van der Waals surface area (Å²) in [5.41, 5.74) is 2.40. The van der Waals surface area contributed by atoms with E-state index in [1.54, 1.807) is 6.07 Å². The summed E-state index contributed by atoms with van der Waals surface area (Å²) in [7, 11) is 0. The third kappa shape index (κ3) is 4.67. The summed E-state index contributed by atoms with van der Waals surface area (Å²) in [4.78, 5) is 16.7. The van der Waals surface area contributed by atoms with Crippen LogP contribution in [0, 0.1) is 20.8 Å². The Hall–Kier alpha value is -2.27. The van der Waals surface area contributed by atoms with E-state index in [1.165, 1.54) is 11.1 Å². The van der Waals surface area contributed by atoms with Gasteiger partial charge in [0.1, 0.15) is 11.5 Å². The Morgan fingerprint density at radius 3 is 2.54 bits per heavy atom. The predicted molar refractivity (Wildman–Crippen MR) is 102 cm³/mol. The largest absolute Gasteiger partial charge is 0.493 e. The van der Waals surface area contributed by atoms with E-state index in [1.807, 2.05) is 17.9 Å². The Morgan fingerprint density at radius 1 is 1.08 bits per heavy atom. The van der Waals surface area contributed by atoms with Gasteiger partial charge in [-0.3, -0.25) is 9.69 Å². The fraction of sp³-hybridized carbons (Fsp3) is 0.476. The molecule has 1 fully saturated rings. The number of carbonyl (C=O) groups is 1. The highest BCUT2D eigenvalue weighted by Crippen LogP contribution is 2.19. The van der Waals surface area contributed by atoms with Crippen molar-refractivity contribution in [1.82, 2.24) is 9.80 Å². The topological polar surface area (TPSA) is 45.9 Å². The molecule has 0 saturated carbocycles. The molecule has 0 aliphatic carbocycles. The highest BCUT2D eigenvalue weighted by Gasteiger charge is 2.23. The summed E-state index contributed by atoms with van der Waals surface area (Å²) in [5, 5.41) is 0. The van der Waals surface area contributed by atoms with Crippen LogP contribution in [0.3, 0.4) is 0 Å². The van der Waals surface area contributed by atoms with E-state index >= 15 is 0 Å². The zero-order valence-corrected chi connectivity index (χ0v) is 16.0. The lowest BCUT2D eigenvalue weighted by molar-refractivity contribution is 0.0599. The Kier molecular flexibility index (Phi) is 5.99. The third-order valence-corrected chi connectivity index (χ3v) is 4.83. The van der Waals surface area contributed by atoms with Crippen LogP contribution in [0.5, 0.6) is 5.75 Å². The van der Waals surface area contributed by atoms with Crippen LogP contribution in [-0.4, -0.2) is 55.0 Å². The van der Waals surface area contributed by atoms with Gasteiger partial charge >= 0.3 is 0 Å². The Bertz CT molecular complexity index is 745. The van der Waals surface area contributed by atoms with Crippen molar-refractivity contribution >= 4 is 5.91 Å². The van der Waals surface area contributed by atoms with Gasteiger partial charge in [0.25, 0.3) is 5.91 Å². The summed E-state index contributed by atoms with van der Waals surface area (Å²) in [6.07, 6.45) is 0.985. The number of nitrogens with zero attached hydrogens (tertiary/aromatic N) is 2. The minimum atomic E-state index is -0.00370. The van der Waals surface area contributed by atoms with Crippen LogP contribution in [0.25, 0.3) is 0 Å². The molecule has 0 radical (unpaired) electrons. The number of furan rings is 1. The molecule has 0 unspecified atom stereocenters. The van der Waals surface area contributed by atoms with Gasteiger partial charge in [0.05, 0.1) is 6.61 Å². The molecule has 2 aromatic rings. The van der Waals surface area contributed by atoms with Gasteiger partial charge in [-0.25, -0.2) is 0 Å². The predicted octanol–water partition coefficient (Wildman–Crippen LogP) is 3.43. The van der Waals surface area contributed by atoms with Crippen LogP contribution in [0.4, 0.5) is 0 Å². The standard InChI is InChI=1S/C21H28N2O3/c1-16-5-6-17(2)20(15-16)25-14-4-9-22-10-12-23(13-11-22)21(24)19-8-7-18(3)26-19/h5-8,15H,4,9-14H2,1-3H3. The van der Waals surface area contributed by atoms with Gasteiger partial charge in [0.15, 0.2) is 5.76 Å². The normalized spacial score (nSPS) is 15.3. The second-order valence-corrected chi connectivity index (χ2v) is 7.02. The number of piperazine rings is 1. The van der Waals surface area contributed by atoms with E-state index < -0.39 is 0 Å². The lowest BCUT2D eigenvalue weighted by Gasteiger charge is -2.34. The first-order chi connectivity index (χ1) is 12.5. The summed E-state index contributed by atoms with van der Waals surface area (Å²) in [5.74, 6) is 2.19. The Balaban J connectivity index is 1.38. The highest BCUT2D eigenvalue weighted by molar-refractivity contribution is 5.91. The molecule has 0 atom stereocenters. The molecule has 5 heteroatoms. The molecule has 0 N–H and O–H groups in total. The second-order valence-electron chi connectivity index (χ2n) is 7.02. The van der Waals surface area contributed by atoms with Gasteiger partial charge in [0.2, 0.25) is 0 Å². The molecule has 1 aromatic carbocycles. The van der Waals surface area contributed by atoms with Gasteiger partial charge in [-0.2, -0.15) is 0 Å². The lowest BCUT2D eigenvalue weighted by atomic mass is 10.1. The fourth-order valence-corrected chi connectivity index (χ4v) is 3.21. The molecular formula is C21H28N2O3. The van der Waals surface area contributed by atoms with Gasteiger partial charge in [-0.05, 0) is 56.5 Å². The van der Waals surface area contributed by atoms with E-state index in [0.29, 0.717) is 5.76 Å². The molecule has 1 aromatic heterocycles. The SMILES string of the molecule is Cc1ccc(C)c(OCCCN2CCN(C(=O)c3ccc(C)o3)CC2)c1. The minimum Gasteiger partial charge on any atom is -0.493 e. The molecule has 0 spiro atoms. The summed E-state index contributed by atoms with van der Waals surface area (Å²) < 4.78 is 11.4. The number of rotatable bonds is 6. The van der Waals surface area contributed by atoms with E-state index in [4.69, 9.17) is 9.15 Å². The van der Waals surface area contributed by atoms with Crippen LogP contribution in [0.1, 0.15) is 33.9 Å². The molecule has 140 valence electrons. The molecule has 2 heterocycles. The Morgan fingerprint density at radius 2 is 1.85 bits per heavy atom. The van der Waals surface area contributed by atoms with Crippen molar-refractivity contribution in [2.75, 3.05) is 39.3 Å². The zero-order chi connectivity index (χ0) is 18.5. The second kappa shape index (κ2) is 8.41. The molecule has 1 aliphatic heterocycles. The van der Waals surface area contributed by atoms with Crippen molar-refractivity contribution in [1.29, 1.82) is 0 Å². The maximum Gasteiger partial charge on any atom is 0.289 e. The third-order valence-electron chi connectivity index (χ3n) is 4.83. The van der Waals surface area contributed by atoms with Crippen molar-refractivity contribution < 1.29 is 13.9 Å². The summed E-state index contributed by atoms with van der Waals surface area (Å²) in [6, 6.07) is 9.89. The van der Waals surface area contributed by atoms with E-state index in [0.717, 1.165) is 57.3 Å². The first-order valence-electron chi connectivity index (χ1n) is 9.31. The average Bonchev–Trinajstić information content (AvgIpc) is 3.08. The van der Waals surface area contributed by atoms with Crippen LogP contribution in [0.15, 0.2) is 34.7 Å². The fourth-order valence-electron chi connectivity index (χ4n) is 3.21. The number of aryl methyl sites for hydroxylation is 3. The minimum absolute atomic E-state index is 0.00370. The van der Waals surface area contributed by atoms with Crippen molar-refractivity contribution in [2.45, 2.75) is 27.2 Å². The van der Waals surface area contributed by atoms with Crippen molar-refractivity contribution in [3.05, 3.63) is 53.0 Å². The molecular weight excluding hydrogens is 328 g/mol. The molecule has 1 amide bonds. The van der Waals surface area contributed by atoms with Crippen LogP contribution < -0.4 is 4.74 Å². The molecule has 1 saturated heterocycles. The molecule has 5 nitrogen and oxygen atoms in total. The van der Waals surface area contributed by atoms with Crippen molar-refractivity contribution in [2.24, 2.45) is 0 Å². The zero-order valence-electron chi connectivity index (χ0n) is 16.0. The Labute approximate surface area is 155 Å². The number of amides is 1. The smallest absolute Gasteiger partial charge is 0.289 e. The van der Waals surface area contributed by atoms with Crippen molar-refractivity contribution in [3.8, 4) is 5.75 Å². The number of benzene rings is 1. The van der Waals surface area contributed by atoms with Crippen LogP contribution >= 0.6 is 0 Å².